The molecule has 1 amide bonds. The Labute approximate surface area is 191 Å². The van der Waals surface area contributed by atoms with E-state index in [1.807, 2.05) is 53.4 Å². The lowest BCUT2D eigenvalue weighted by Crippen LogP contribution is -2.50. The van der Waals surface area contributed by atoms with E-state index in [2.05, 4.69) is 14.8 Å². The largest absolute Gasteiger partial charge is 0.387 e. The highest BCUT2D eigenvalue weighted by molar-refractivity contribution is 5.94. The summed E-state index contributed by atoms with van der Waals surface area (Å²) in [6.45, 7) is 5.97. The fourth-order valence-electron chi connectivity index (χ4n) is 4.88. The molecule has 1 saturated carbocycles. The average molecular weight is 437 g/mol. The van der Waals surface area contributed by atoms with Crippen LogP contribution in [0.25, 0.3) is 0 Å². The zero-order chi connectivity index (χ0) is 22.2. The fourth-order valence-corrected chi connectivity index (χ4v) is 4.88. The summed E-state index contributed by atoms with van der Waals surface area (Å²) >= 11 is 0. The van der Waals surface area contributed by atoms with Crippen molar-refractivity contribution in [3.63, 3.8) is 0 Å². The fraction of sp³-hybridized carbons (Fsp3) is 0.538. The number of carbonyl (C=O) groups excluding carboxylic acids is 1. The molecule has 2 aliphatic rings. The maximum Gasteiger partial charge on any atom is 0.231 e. The minimum Gasteiger partial charge on any atom is -0.387 e. The van der Waals surface area contributed by atoms with E-state index in [-0.39, 0.29) is 11.8 Å². The number of hydrogen-bond donors (Lipinski definition) is 1. The van der Waals surface area contributed by atoms with Crippen molar-refractivity contribution in [2.75, 3.05) is 50.7 Å². The molecular weight excluding hydrogens is 400 g/mol. The molecule has 1 aromatic heterocycles. The van der Waals surface area contributed by atoms with E-state index in [0.717, 1.165) is 69.8 Å². The van der Waals surface area contributed by atoms with Crippen molar-refractivity contribution in [3.8, 4) is 0 Å². The van der Waals surface area contributed by atoms with Crippen LogP contribution in [-0.2, 0) is 4.79 Å². The van der Waals surface area contributed by atoms with Crippen LogP contribution in [0.4, 0.5) is 5.82 Å². The first kappa shape index (κ1) is 22.9. The summed E-state index contributed by atoms with van der Waals surface area (Å²) in [5, 5.41) is 10.5. The lowest BCUT2D eigenvalue weighted by Gasteiger charge is -2.37. The van der Waals surface area contributed by atoms with E-state index in [1.165, 1.54) is 6.42 Å². The molecule has 6 nitrogen and oxygen atoms in total. The first-order chi connectivity index (χ1) is 15.7. The third-order valence-corrected chi connectivity index (χ3v) is 6.87. The molecule has 1 saturated heterocycles. The molecule has 6 heteroatoms. The van der Waals surface area contributed by atoms with Crippen molar-refractivity contribution in [3.05, 3.63) is 60.3 Å². The molecule has 2 fully saturated rings. The van der Waals surface area contributed by atoms with Crippen molar-refractivity contribution in [1.82, 2.24) is 14.8 Å². The second-order valence-electron chi connectivity index (χ2n) is 9.08. The van der Waals surface area contributed by atoms with Crippen LogP contribution in [0.1, 0.15) is 43.8 Å². The molecule has 32 heavy (non-hydrogen) atoms. The number of aliphatic hydroxyl groups excluding tert-OH is 1. The van der Waals surface area contributed by atoms with Gasteiger partial charge in [0.15, 0.2) is 0 Å². The molecule has 4 rings (SSSR count). The molecule has 1 aliphatic heterocycles. The quantitative estimate of drug-likeness (QED) is 0.688. The highest BCUT2D eigenvalue weighted by Gasteiger charge is 2.28. The van der Waals surface area contributed by atoms with Gasteiger partial charge in [-0.05, 0) is 30.5 Å². The Morgan fingerprint density at radius 3 is 2.34 bits per heavy atom. The van der Waals surface area contributed by atoms with E-state index in [1.54, 1.807) is 6.20 Å². The number of pyridine rings is 1. The molecule has 1 N–H and O–H groups in total. The van der Waals surface area contributed by atoms with Gasteiger partial charge in [-0.15, -0.1) is 0 Å². The lowest BCUT2D eigenvalue weighted by atomic mass is 9.88. The second kappa shape index (κ2) is 11.5. The highest BCUT2D eigenvalue weighted by Crippen LogP contribution is 2.27. The Hall–Kier alpha value is -2.28. The molecule has 0 bridgehead atoms. The highest BCUT2D eigenvalue weighted by atomic mass is 16.3. The van der Waals surface area contributed by atoms with Crippen molar-refractivity contribution in [1.29, 1.82) is 0 Å². The van der Waals surface area contributed by atoms with Crippen LogP contribution in [0.2, 0.25) is 0 Å². The van der Waals surface area contributed by atoms with E-state index in [9.17, 15) is 9.90 Å². The molecule has 2 heterocycles. The first-order valence-electron chi connectivity index (χ1n) is 12.1. The summed E-state index contributed by atoms with van der Waals surface area (Å²) in [6.07, 6.45) is 6.89. The molecule has 172 valence electrons. The van der Waals surface area contributed by atoms with Gasteiger partial charge in [0.05, 0.1) is 6.10 Å². The Morgan fingerprint density at radius 2 is 1.66 bits per heavy atom. The summed E-state index contributed by atoms with van der Waals surface area (Å²) in [4.78, 5) is 24.5. The molecule has 0 spiro atoms. The van der Waals surface area contributed by atoms with Gasteiger partial charge in [-0.3, -0.25) is 19.5 Å². The number of piperazine rings is 1. The maximum absolute atomic E-state index is 13.3. The van der Waals surface area contributed by atoms with Crippen molar-refractivity contribution < 1.29 is 9.90 Å². The minimum atomic E-state index is -0.449. The molecule has 0 radical (unpaired) electrons. The van der Waals surface area contributed by atoms with Crippen LogP contribution in [0.5, 0.6) is 0 Å². The zero-order valence-electron chi connectivity index (χ0n) is 19.0. The summed E-state index contributed by atoms with van der Waals surface area (Å²) in [7, 11) is 0. The van der Waals surface area contributed by atoms with E-state index in [0.29, 0.717) is 13.1 Å². The van der Waals surface area contributed by atoms with Crippen molar-refractivity contribution in [2.45, 2.75) is 38.2 Å². The number of rotatable bonds is 8. The Morgan fingerprint density at radius 1 is 0.969 bits per heavy atom. The van der Waals surface area contributed by atoms with E-state index >= 15 is 0 Å². The third-order valence-electron chi connectivity index (χ3n) is 6.87. The maximum atomic E-state index is 13.3. The summed E-state index contributed by atoms with van der Waals surface area (Å²) in [5.41, 5.74) is 0.974. The van der Waals surface area contributed by atoms with Gasteiger partial charge in [-0.2, -0.15) is 0 Å². The number of carbonyl (C=O) groups is 1. The number of β-amino-alcohol motifs (C(OH)–C–C–N with tert-alkyl or cyclic N) is 1. The summed E-state index contributed by atoms with van der Waals surface area (Å²) in [5.74, 6) is 1.16. The number of hydrogen-bond acceptors (Lipinski definition) is 5. The van der Waals surface area contributed by atoms with Crippen LogP contribution in [0.15, 0.2) is 54.7 Å². The number of benzene rings is 1. The van der Waals surface area contributed by atoms with Gasteiger partial charge in [0, 0.05) is 57.9 Å². The zero-order valence-corrected chi connectivity index (χ0v) is 19.0. The first-order valence-corrected chi connectivity index (χ1v) is 12.1. The second-order valence-corrected chi connectivity index (χ2v) is 9.08. The van der Waals surface area contributed by atoms with E-state index < -0.39 is 6.10 Å². The predicted octanol–water partition coefficient (Wildman–Crippen LogP) is 3.35. The minimum absolute atomic E-state index is 0.141. The summed E-state index contributed by atoms with van der Waals surface area (Å²) < 4.78 is 0. The molecule has 1 aliphatic carbocycles. The van der Waals surface area contributed by atoms with Crippen LogP contribution in [-0.4, -0.2) is 71.6 Å². The van der Waals surface area contributed by atoms with Gasteiger partial charge in [0.25, 0.3) is 0 Å². The molecule has 2 aromatic rings. The van der Waals surface area contributed by atoms with Gasteiger partial charge < -0.3 is 5.11 Å². The number of amides is 1. The Kier molecular flexibility index (Phi) is 8.26. The number of aliphatic hydroxyl groups is 1. The van der Waals surface area contributed by atoms with Gasteiger partial charge in [-0.1, -0.05) is 55.7 Å². The molecule has 1 aromatic carbocycles. The van der Waals surface area contributed by atoms with Gasteiger partial charge >= 0.3 is 0 Å². The predicted molar refractivity (Wildman–Crippen MR) is 127 cm³/mol. The SMILES string of the molecule is O=C(C1CCCCC1)N(CCN1CCN(CC(O)c2ccccc2)CC1)c1ccccn1. The van der Waals surface area contributed by atoms with Crippen molar-refractivity contribution >= 4 is 11.7 Å². The molecule has 1 unspecified atom stereocenters. The van der Waals surface area contributed by atoms with Crippen molar-refractivity contribution in [2.24, 2.45) is 5.92 Å². The van der Waals surface area contributed by atoms with Gasteiger partial charge in [0.1, 0.15) is 5.82 Å². The molecule has 1 atom stereocenters. The monoisotopic (exact) mass is 436 g/mol. The number of anilines is 1. The van der Waals surface area contributed by atoms with Crippen LogP contribution < -0.4 is 4.90 Å². The van der Waals surface area contributed by atoms with Crippen LogP contribution in [0.3, 0.4) is 0 Å². The normalized spacial score (nSPS) is 19.5. The number of aromatic nitrogens is 1. The Bertz CT molecular complexity index is 818. The third kappa shape index (κ3) is 6.15. The smallest absolute Gasteiger partial charge is 0.231 e. The topological polar surface area (TPSA) is 59.9 Å². The standard InChI is InChI=1S/C26H36N4O2/c31-24(22-9-3-1-4-10-22)21-29-17-15-28(16-18-29)19-20-30(25-13-7-8-14-27-25)26(32)23-11-5-2-6-12-23/h1,3-4,7-10,13-14,23-24,31H,2,5-6,11-12,15-21H2. The van der Waals surface area contributed by atoms with Gasteiger partial charge in [-0.25, -0.2) is 4.98 Å². The van der Waals surface area contributed by atoms with Crippen LogP contribution in [0, 0.1) is 5.92 Å². The molecular formula is C26H36N4O2. The average Bonchev–Trinajstić information content (AvgIpc) is 2.87. The Balaban J connectivity index is 1.29. The van der Waals surface area contributed by atoms with E-state index in [4.69, 9.17) is 0 Å². The lowest BCUT2D eigenvalue weighted by molar-refractivity contribution is -0.123. The number of nitrogens with zero attached hydrogens (tertiary/aromatic N) is 4. The van der Waals surface area contributed by atoms with Gasteiger partial charge in [0.2, 0.25) is 5.91 Å². The summed E-state index contributed by atoms with van der Waals surface area (Å²) in [6, 6.07) is 15.7. The van der Waals surface area contributed by atoms with Crippen LogP contribution >= 0.6 is 0 Å².